The number of nitrogens with zero attached hydrogens (tertiary/aromatic N) is 2. The first-order chi connectivity index (χ1) is 10.7. The van der Waals surface area contributed by atoms with Gasteiger partial charge in [-0.15, -0.1) is 0 Å². The molecule has 0 saturated carbocycles. The van der Waals surface area contributed by atoms with Crippen LogP contribution in [0.2, 0.25) is 5.02 Å². The third kappa shape index (κ3) is 4.03. The van der Waals surface area contributed by atoms with Crippen molar-refractivity contribution in [3.8, 4) is 0 Å². The highest BCUT2D eigenvalue weighted by Gasteiger charge is 2.18. The molecule has 0 saturated heterocycles. The smallest absolute Gasteiger partial charge is 0.338 e. The first-order valence-corrected chi connectivity index (χ1v) is 7.92. The average Bonchev–Trinajstić information content (AvgIpc) is 2.92. The van der Waals surface area contributed by atoms with Crippen LogP contribution in [0.3, 0.4) is 0 Å². The SMILES string of the molecule is NS(=O)(=O)c1cc(C(=O)OCc2nccn2C(F)F)ccc1Cl. The standard InChI is InChI=1S/C12H10ClF2N3O4S/c13-8-2-1-7(5-9(8)23(16,20)21)11(19)22-6-10-17-3-4-18(10)12(14)15/h1-5,12H,6H2,(H2,16,20,21). The van der Waals surface area contributed by atoms with Crippen molar-refractivity contribution in [2.45, 2.75) is 18.1 Å². The zero-order chi connectivity index (χ0) is 17.2. The highest BCUT2D eigenvalue weighted by Crippen LogP contribution is 2.22. The molecule has 0 unspecified atom stereocenters. The molecule has 1 aromatic heterocycles. The molecule has 0 radical (unpaired) electrons. The van der Waals surface area contributed by atoms with E-state index in [9.17, 15) is 22.0 Å². The van der Waals surface area contributed by atoms with Gasteiger partial charge in [0.25, 0.3) is 0 Å². The van der Waals surface area contributed by atoms with E-state index in [1.807, 2.05) is 0 Å². The molecule has 23 heavy (non-hydrogen) atoms. The maximum atomic E-state index is 12.6. The van der Waals surface area contributed by atoms with Crippen molar-refractivity contribution in [2.75, 3.05) is 0 Å². The number of hydrogen-bond donors (Lipinski definition) is 1. The predicted molar refractivity (Wildman–Crippen MR) is 75.4 cm³/mol. The van der Waals surface area contributed by atoms with Crippen LogP contribution in [0.4, 0.5) is 8.78 Å². The summed E-state index contributed by atoms with van der Waals surface area (Å²) in [5.41, 5.74) is -0.145. The minimum Gasteiger partial charge on any atom is -0.454 e. The fraction of sp³-hybridized carbons (Fsp3) is 0.167. The van der Waals surface area contributed by atoms with Crippen LogP contribution in [0.15, 0.2) is 35.5 Å². The van der Waals surface area contributed by atoms with Crippen molar-refractivity contribution in [2.24, 2.45) is 5.14 Å². The lowest BCUT2D eigenvalue weighted by Crippen LogP contribution is -2.15. The van der Waals surface area contributed by atoms with E-state index in [0.29, 0.717) is 4.57 Å². The molecule has 0 fully saturated rings. The van der Waals surface area contributed by atoms with Crippen molar-refractivity contribution in [3.63, 3.8) is 0 Å². The number of sulfonamides is 1. The highest BCUT2D eigenvalue weighted by molar-refractivity contribution is 7.89. The van der Waals surface area contributed by atoms with Crippen LogP contribution >= 0.6 is 11.6 Å². The fourth-order valence-corrected chi connectivity index (χ4v) is 2.77. The number of alkyl halides is 2. The quantitative estimate of drug-likeness (QED) is 0.815. The molecule has 0 amide bonds. The fourth-order valence-electron chi connectivity index (χ4n) is 1.70. The Morgan fingerprint density at radius 1 is 1.43 bits per heavy atom. The van der Waals surface area contributed by atoms with Crippen molar-refractivity contribution in [1.82, 2.24) is 9.55 Å². The van der Waals surface area contributed by atoms with Crippen LogP contribution in [0, 0.1) is 0 Å². The number of hydrogen-bond acceptors (Lipinski definition) is 5. The average molecular weight is 366 g/mol. The zero-order valence-electron chi connectivity index (χ0n) is 11.3. The van der Waals surface area contributed by atoms with Crippen LogP contribution in [0.5, 0.6) is 0 Å². The van der Waals surface area contributed by atoms with Gasteiger partial charge in [-0.05, 0) is 18.2 Å². The summed E-state index contributed by atoms with van der Waals surface area (Å²) in [7, 11) is -4.12. The summed E-state index contributed by atoms with van der Waals surface area (Å²) in [6.07, 6.45) is 2.17. The van der Waals surface area contributed by atoms with E-state index < -0.39 is 34.0 Å². The van der Waals surface area contributed by atoms with Gasteiger partial charge in [0.15, 0.2) is 5.82 Å². The summed E-state index contributed by atoms with van der Waals surface area (Å²) >= 11 is 5.69. The lowest BCUT2D eigenvalue weighted by Gasteiger charge is -2.08. The summed E-state index contributed by atoms with van der Waals surface area (Å²) in [6, 6.07) is 3.33. The van der Waals surface area contributed by atoms with E-state index >= 15 is 0 Å². The van der Waals surface area contributed by atoms with Gasteiger partial charge in [-0.25, -0.2) is 23.3 Å². The Kier molecular flexibility index (Phi) is 4.97. The van der Waals surface area contributed by atoms with E-state index in [2.05, 4.69) is 4.98 Å². The van der Waals surface area contributed by atoms with Crippen LogP contribution in [-0.4, -0.2) is 23.9 Å². The second-order valence-corrected chi connectivity index (χ2v) is 6.23. The number of benzene rings is 1. The molecule has 2 N–H and O–H groups in total. The van der Waals surface area contributed by atoms with Crippen LogP contribution in [-0.2, 0) is 21.4 Å². The summed E-state index contributed by atoms with van der Waals surface area (Å²) in [4.78, 5) is 15.1. The largest absolute Gasteiger partial charge is 0.454 e. The monoisotopic (exact) mass is 365 g/mol. The molecule has 7 nitrogen and oxygen atoms in total. The Bertz CT molecular complexity index is 839. The summed E-state index contributed by atoms with van der Waals surface area (Å²) in [5, 5.41) is 4.81. The first-order valence-electron chi connectivity index (χ1n) is 5.99. The van der Waals surface area contributed by atoms with Gasteiger partial charge in [0.05, 0.1) is 10.6 Å². The Hall–Kier alpha value is -2.04. The van der Waals surface area contributed by atoms with E-state index in [1.165, 1.54) is 6.07 Å². The van der Waals surface area contributed by atoms with Gasteiger partial charge >= 0.3 is 12.5 Å². The second-order valence-electron chi connectivity index (χ2n) is 4.29. The Labute approximate surface area is 134 Å². The van der Waals surface area contributed by atoms with Crippen LogP contribution in [0.1, 0.15) is 22.7 Å². The molecule has 124 valence electrons. The minimum atomic E-state index is -4.12. The number of halogens is 3. The first kappa shape index (κ1) is 17.3. The normalized spacial score (nSPS) is 11.7. The van der Waals surface area contributed by atoms with E-state index in [4.69, 9.17) is 21.5 Å². The number of aromatic nitrogens is 2. The molecular formula is C12H10ClF2N3O4S. The number of nitrogens with two attached hydrogens (primary N) is 1. The van der Waals surface area contributed by atoms with Gasteiger partial charge in [-0.2, -0.15) is 8.78 Å². The summed E-state index contributed by atoms with van der Waals surface area (Å²) in [6.45, 7) is -3.33. The van der Waals surface area contributed by atoms with Gasteiger partial charge in [0.1, 0.15) is 11.5 Å². The van der Waals surface area contributed by atoms with Gasteiger partial charge in [0, 0.05) is 12.4 Å². The van der Waals surface area contributed by atoms with Crippen molar-refractivity contribution < 1.29 is 26.7 Å². The van der Waals surface area contributed by atoms with Gasteiger partial charge in [0.2, 0.25) is 10.0 Å². The minimum absolute atomic E-state index is 0.145. The highest BCUT2D eigenvalue weighted by atomic mass is 35.5. The molecule has 0 aliphatic carbocycles. The number of ether oxygens (including phenoxy) is 1. The van der Waals surface area contributed by atoms with Crippen LogP contribution < -0.4 is 5.14 Å². The third-order valence-electron chi connectivity index (χ3n) is 2.76. The molecule has 0 spiro atoms. The number of rotatable bonds is 5. The molecule has 0 aliphatic rings. The summed E-state index contributed by atoms with van der Waals surface area (Å²) < 4.78 is 53.3. The second kappa shape index (κ2) is 6.60. The maximum Gasteiger partial charge on any atom is 0.338 e. The lowest BCUT2D eigenvalue weighted by atomic mass is 10.2. The number of primary sulfonamides is 1. The molecule has 11 heteroatoms. The van der Waals surface area contributed by atoms with Crippen molar-refractivity contribution >= 4 is 27.6 Å². The van der Waals surface area contributed by atoms with Crippen molar-refractivity contribution in [1.29, 1.82) is 0 Å². The van der Waals surface area contributed by atoms with E-state index in [0.717, 1.165) is 24.5 Å². The van der Waals surface area contributed by atoms with Crippen molar-refractivity contribution in [3.05, 3.63) is 47.0 Å². The Morgan fingerprint density at radius 2 is 2.13 bits per heavy atom. The number of imidazole rings is 1. The van der Waals surface area contributed by atoms with Gasteiger partial charge < -0.3 is 4.74 Å². The number of carbonyl (C=O) groups excluding carboxylic acids is 1. The van der Waals surface area contributed by atoms with Gasteiger partial charge in [-0.1, -0.05) is 11.6 Å². The lowest BCUT2D eigenvalue weighted by molar-refractivity contribution is 0.0376. The zero-order valence-corrected chi connectivity index (χ0v) is 12.9. The third-order valence-corrected chi connectivity index (χ3v) is 4.16. The predicted octanol–water partition coefficient (Wildman–Crippen LogP) is 1.94. The maximum absolute atomic E-state index is 12.6. The molecule has 0 aliphatic heterocycles. The van der Waals surface area contributed by atoms with Gasteiger partial charge in [-0.3, -0.25) is 4.57 Å². The number of carbonyl (C=O) groups is 1. The molecule has 0 atom stereocenters. The molecule has 0 bridgehead atoms. The summed E-state index contributed by atoms with van der Waals surface area (Å²) in [5.74, 6) is -1.09. The Morgan fingerprint density at radius 3 is 2.74 bits per heavy atom. The molecule has 2 rings (SSSR count). The molecule has 1 aromatic carbocycles. The topological polar surface area (TPSA) is 104 Å². The Balaban J connectivity index is 2.17. The van der Waals surface area contributed by atoms with Crippen LogP contribution in [0.25, 0.3) is 0 Å². The molecule has 2 aromatic rings. The number of esters is 1. The molecular weight excluding hydrogens is 356 g/mol. The van der Waals surface area contributed by atoms with E-state index in [-0.39, 0.29) is 16.4 Å². The molecule has 1 heterocycles. The van der Waals surface area contributed by atoms with E-state index in [1.54, 1.807) is 0 Å².